The minimum Gasteiger partial charge on any atom is -0.487 e. The Bertz CT molecular complexity index is 813. The molecule has 0 radical (unpaired) electrons. The lowest BCUT2D eigenvalue weighted by atomic mass is 9.88. The second kappa shape index (κ2) is 4.78. The van der Waals surface area contributed by atoms with E-state index in [-0.39, 0.29) is 5.60 Å². The van der Waals surface area contributed by atoms with Crippen LogP contribution in [0.2, 0.25) is 0 Å². The number of anilines is 1. The summed E-state index contributed by atoms with van der Waals surface area (Å²) in [6, 6.07) is 10.3. The van der Waals surface area contributed by atoms with E-state index in [4.69, 9.17) is 10.5 Å². The summed E-state index contributed by atoms with van der Waals surface area (Å²) in [5, 5.41) is 9.35. The van der Waals surface area contributed by atoms with Crippen LogP contribution in [-0.4, -0.2) is 5.60 Å². The van der Waals surface area contributed by atoms with Crippen molar-refractivity contribution < 1.29 is 4.74 Å². The number of ether oxygens (including phenoxy) is 1. The van der Waals surface area contributed by atoms with Gasteiger partial charge in [0, 0.05) is 17.7 Å². The Kier molecular flexibility index (Phi) is 3.14. The van der Waals surface area contributed by atoms with Crippen molar-refractivity contribution in [1.29, 1.82) is 5.26 Å². The number of benzene rings is 2. The Morgan fingerprint density at radius 2 is 1.91 bits per heavy atom. The molecule has 0 bridgehead atoms. The van der Waals surface area contributed by atoms with Crippen molar-refractivity contribution in [2.45, 2.75) is 39.7 Å². The van der Waals surface area contributed by atoms with Crippen LogP contribution in [0.5, 0.6) is 5.75 Å². The quantitative estimate of drug-likeness (QED) is 0.804. The third-order valence-corrected chi connectivity index (χ3v) is 4.24. The fourth-order valence-corrected chi connectivity index (χ4v) is 3.23. The van der Waals surface area contributed by atoms with E-state index < -0.39 is 0 Å². The molecule has 2 aromatic rings. The third-order valence-electron chi connectivity index (χ3n) is 4.24. The highest BCUT2D eigenvalue weighted by Crippen LogP contribution is 2.43. The number of fused-ring (bicyclic) bond motifs is 1. The Morgan fingerprint density at radius 3 is 2.59 bits per heavy atom. The number of nitrogen functional groups attached to an aromatic ring is 1. The number of hydrogen-bond donors (Lipinski definition) is 1. The molecule has 2 aromatic carbocycles. The maximum Gasteiger partial charge on any atom is 0.124 e. The van der Waals surface area contributed by atoms with Gasteiger partial charge in [-0.1, -0.05) is 12.1 Å². The first-order valence-electron chi connectivity index (χ1n) is 7.44. The van der Waals surface area contributed by atoms with Crippen LogP contribution in [0, 0.1) is 25.2 Å². The summed E-state index contributed by atoms with van der Waals surface area (Å²) in [5.74, 6) is 0.953. The fourth-order valence-electron chi connectivity index (χ4n) is 3.23. The van der Waals surface area contributed by atoms with Gasteiger partial charge >= 0.3 is 0 Å². The number of rotatable bonds is 1. The molecular weight excluding hydrogens is 272 g/mol. The number of aryl methyl sites for hydroxylation is 1. The van der Waals surface area contributed by atoms with Gasteiger partial charge in [0.1, 0.15) is 17.4 Å². The molecule has 1 aliphatic heterocycles. The van der Waals surface area contributed by atoms with Crippen molar-refractivity contribution in [2.24, 2.45) is 0 Å². The summed E-state index contributed by atoms with van der Waals surface area (Å²) in [6.45, 7) is 8.22. The van der Waals surface area contributed by atoms with Crippen LogP contribution >= 0.6 is 0 Å². The molecular formula is C19H20N2O. The van der Waals surface area contributed by atoms with Gasteiger partial charge in [-0.2, -0.15) is 5.26 Å². The van der Waals surface area contributed by atoms with Gasteiger partial charge in [-0.25, -0.2) is 0 Å². The van der Waals surface area contributed by atoms with Crippen molar-refractivity contribution in [3.05, 3.63) is 46.5 Å². The van der Waals surface area contributed by atoms with Gasteiger partial charge in [0.05, 0.1) is 5.56 Å². The van der Waals surface area contributed by atoms with Crippen LogP contribution in [0.25, 0.3) is 11.1 Å². The molecule has 1 aliphatic rings. The predicted octanol–water partition coefficient (Wildman–Crippen LogP) is 4.14. The zero-order valence-electron chi connectivity index (χ0n) is 13.4. The Labute approximate surface area is 131 Å². The zero-order valence-corrected chi connectivity index (χ0v) is 13.4. The zero-order chi connectivity index (χ0) is 16.1. The molecule has 112 valence electrons. The molecule has 3 heteroatoms. The van der Waals surface area contributed by atoms with Crippen LogP contribution in [0.3, 0.4) is 0 Å². The van der Waals surface area contributed by atoms with Gasteiger partial charge < -0.3 is 10.5 Å². The molecule has 3 nitrogen and oxygen atoms in total. The van der Waals surface area contributed by atoms with E-state index in [1.807, 2.05) is 19.1 Å². The first-order chi connectivity index (χ1) is 10.3. The van der Waals surface area contributed by atoms with Gasteiger partial charge in [0.15, 0.2) is 0 Å². The first-order valence-corrected chi connectivity index (χ1v) is 7.44. The molecule has 0 unspecified atom stereocenters. The van der Waals surface area contributed by atoms with E-state index in [1.165, 1.54) is 5.56 Å². The van der Waals surface area contributed by atoms with Crippen molar-refractivity contribution in [2.75, 3.05) is 5.73 Å². The number of nitriles is 1. The minimum absolute atomic E-state index is 0.190. The Balaban J connectivity index is 2.26. The first kappa shape index (κ1) is 14.5. The van der Waals surface area contributed by atoms with Crippen molar-refractivity contribution in [1.82, 2.24) is 0 Å². The molecule has 3 rings (SSSR count). The van der Waals surface area contributed by atoms with Crippen molar-refractivity contribution >= 4 is 5.69 Å². The summed E-state index contributed by atoms with van der Waals surface area (Å²) in [7, 11) is 0. The van der Waals surface area contributed by atoms with E-state index in [2.05, 4.69) is 39.0 Å². The minimum atomic E-state index is -0.190. The molecule has 22 heavy (non-hydrogen) atoms. The highest BCUT2D eigenvalue weighted by Gasteiger charge is 2.32. The molecule has 0 aromatic heterocycles. The topological polar surface area (TPSA) is 59.0 Å². The highest BCUT2D eigenvalue weighted by molar-refractivity contribution is 5.79. The number of hydrogen-bond acceptors (Lipinski definition) is 3. The van der Waals surface area contributed by atoms with E-state index >= 15 is 0 Å². The molecule has 0 amide bonds. The summed E-state index contributed by atoms with van der Waals surface area (Å²) in [6.07, 6.45) is 0.865. The standard InChI is InChI=1S/C19H20N2O/c1-11-7-14(15-9-19(3,4)22-18(15)8-11)13-5-6-17(21)16(10-20)12(13)2/h5-8H,9,21H2,1-4H3. The second-order valence-electron chi connectivity index (χ2n) is 6.64. The van der Waals surface area contributed by atoms with Crippen molar-refractivity contribution in [3.63, 3.8) is 0 Å². The van der Waals surface area contributed by atoms with Crippen LogP contribution in [0.1, 0.15) is 36.1 Å². The summed E-state index contributed by atoms with van der Waals surface area (Å²) >= 11 is 0. The van der Waals surface area contributed by atoms with Gasteiger partial charge in [-0.05, 0) is 62.1 Å². The molecule has 0 saturated carbocycles. The number of nitrogens with zero attached hydrogens (tertiary/aromatic N) is 1. The molecule has 2 N–H and O–H groups in total. The monoisotopic (exact) mass is 292 g/mol. The Morgan fingerprint density at radius 1 is 1.18 bits per heavy atom. The SMILES string of the molecule is Cc1cc2c(c(-c3ccc(N)c(C#N)c3C)c1)CC(C)(C)O2. The maximum absolute atomic E-state index is 9.35. The highest BCUT2D eigenvalue weighted by atomic mass is 16.5. The van der Waals surface area contributed by atoms with E-state index in [0.717, 1.165) is 34.4 Å². The van der Waals surface area contributed by atoms with Crippen molar-refractivity contribution in [3.8, 4) is 22.9 Å². The largest absolute Gasteiger partial charge is 0.487 e. The maximum atomic E-state index is 9.35. The lowest BCUT2D eigenvalue weighted by Gasteiger charge is -2.16. The normalized spacial score (nSPS) is 15.0. The lowest BCUT2D eigenvalue weighted by Crippen LogP contribution is -2.24. The lowest BCUT2D eigenvalue weighted by molar-refractivity contribution is 0.138. The molecule has 0 spiro atoms. The second-order valence-corrected chi connectivity index (χ2v) is 6.64. The van der Waals surface area contributed by atoms with Gasteiger partial charge in [-0.15, -0.1) is 0 Å². The third kappa shape index (κ3) is 2.21. The predicted molar refractivity (Wildman–Crippen MR) is 88.9 cm³/mol. The van der Waals surface area contributed by atoms with Crippen LogP contribution in [0.15, 0.2) is 24.3 Å². The molecule has 0 fully saturated rings. The van der Waals surface area contributed by atoms with Gasteiger partial charge in [0.25, 0.3) is 0 Å². The van der Waals surface area contributed by atoms with E-state index in [1.54, 1.807) is 0 Å². The van der Waals surface area contributed by atoms with E-state index in [0.29, 0.717) is 11.3 Å². The fraction of sp³-hybridized carbons (Fsp3) is 0.316. The molecule has 0 aliphatic carbocycles. The molecule has 0 atom stereocenters. The molecule has 1 heterocycles. The number of nitrogens with two attached hydrogens (primary N) is 1. The van der Waals surface area contributed by atoms with Crippen LogP contribution < -0.4 is 10.5 Å². The smallest absolute Gasteiger partial charge is 0.124 e. The average Bonchev–Trinajstić information content (AvgIpc) is 2.72. The Hall–Kier alpha value is -2.47. The summed E-state index contributed by atoms with van der Waals surface area (Å²) in [5.41, 5.74) is 12.3. The molecule has 0 saturated heterocycles. The van der Waals surface area contributed by atoms with E-state index in [9.17, 15) is 5.26 Å². The van der Waals surface area contributed by atoms with Gasteiger partial charge in [0.2, 0.25) is 0 Å². The van der Waals surface area contributed by atoms with Gasteiger partial charge in [-0.3, -0.25) is 0 Å². The summed E-state index contributed by atoms with van der Waals surface area (Å²) in [4.78, 5) is 0. The average molecular weight is 292 g/mol. The van der Waals surface area contributed by atoms with Crippen LogP contribution in [0.4, 0.5) is 5.69 Å². The van der Waals surface area contributed by atoms with Crippen LogP contribution in [-0.2, 0) is 6.42 Å². The summed E-state index contributed by atoms with van der Waals surface area (Å²) < 4.78 is 6.07.